The minimum absolute atomic E-state index is 0.0918. The monoisotopic (exact) mass is 337 g/mol. The smallest absolute Gasteiger partial charge is 0.223 e. The molecule has 0 aromatic carbocycles. The van der Waals surface area contributed by atoms with Gasteiger partial charge in [-0.3, -0.25) is 9.59 Å². The second-order valence-electron chi connectivity index (χ2n) is 7.84. The maximum Gasteiger partial charge on any atom is 0.223 e. The van der Waals surface area contributed by atoms with Crippen molar-refractivity contribution in [2.45, 2.75) is 70.3 Å². The molecule has 5 nitrogen and oxygen atoms in total. The van der Waals surface area contributed by atoms with Gasteiger partial charge >= 0.3 is 0 Å². The van der Waals surface area contributed by atoms with Crippen LogP contribution >= 0.6 is 0 Å². The van der Waals surface area contributed by atoms with E-state index < -0.39 is 0 Å². The molecule has 0 unspecified atom stereocenters. The second-order valence-corrected chi connectivity index (χ2v) is 7.84. The zero-order valence-corrected chi connectivity index (χ0v) is 15.5. The van der Waals surface area contributed by atoms with Crippen molar-refractivity contribution in [3.63, 3.8) is 0 Å². The Morgan fingerprint density at radius 3 is 1.92 bits per heavy atom. The third kappa shape index (κ3) is 6.42. The van der Waals surface area contributed by atoms with Crippen LogP contribution < -0.4 is 10.6 Å². The number of nitrogens with one attached hydrogen (secondary N) is 2. The Morgan fingerprint density at radius 1 is 0.833 bits per heavy atom. The van der Waals surface area contributed by atoms with Crippen LogP contribution in [-0.4, -0.2) is 49.9 Å². The summed E-state index contributed by atoms with van der Waals surface area (Å²) < 4.78 is 0. The first-order valence-electron chi connectivity index (χ1n) is 9.79. The number of nitrogens with zero attached hydrogens (tertiary/aromatic N) is 1. The van der Waals surface area contributed by atoms with Crippen LogP contribution in [0.25, 0.3) is 0 Å². The van der Waals surface area contributed by atoms with Crippen molar-refractivity contribution in [3.05, 3.63) is 0 Å². The molecule has 138 valence electrons. The summed E-state index contributed by atoms with van der Waals surface area (Å²) in [5, 5.41) is 6.29. The lowest BCUT2D eigenvalue weighted by molar-refractivity contribution is -0.131. The van der Waals surface area contributed by atoms with Gasteiger partial charge in [-0.25, -0.2) is 0 Å². The van der Waals surface area contributed by atoms with Gasteiger partial charge in [-0.1, -0.05) is 25.7 Å². The van der Waals surface area contributed by atoms with Gasteiger partial charge in [-0.2, -0.15) is 0 Å². The molecule has 0 aliphatic heterocycles. The Balaban J connectivity index is 1.67. The van der Waals surface area contributed by atoms with E-state index in [1.807, 2.05) is 14.1 Å². The number of amides is 2. The predicted molar refractivity (Wildman–Crippen MR) is 96.6 cm³/mol. The lowest BCUT2D eigenvalue weighted by atomic mass is 9.81. The highest BCUT2D eigenvalue weighted by molar-refractivity contribution is 5.81. The molecule has 0 heterocycles. The minimum atomic E-state index is 0.0918. The van der Waals surface area contributed by atoms with Crippen molar-refractivity contribution in [2.24, 2.45) is 11.8 Å². The molecule has 2 rings (SSSR count). The van der Waals surface area contributed by atoms with Gasteiger partial charge < -0.3 is 15.5 Å². The highest BCUT2D eigenvalue weighted by atomic mass is 16.2. The third-order valence-electron chi connectivity index (χ3n) is 5.53. The molecule has 2 fully saturated rings. The van der Waals surface area contributed by atoms with Crippen LogP contribution in [0.1, 0.15) is 64.2 Å². The van der Waals surface area contributed by atoms with Crippen LogP contribution in [0.15, 0.2) is 0 Å². The molecule has 24 heavy (non-hydrogen) atoms. The number of carbonyl (C=O) groups is 2. The Kier molecular flexibility index (Phi) is 8.03. The van der Waals surface area contributed by atoms with Crippen molar-refractivity contribution in [1.82, 2.24) is 15.5 Å². The average Bonchev–Trinajstić information content (AvgIpc) is 2.83. The zero-order valence-electron chi connectivity index (χ0n) is 15.5. The van der Waals surface area contributed by atoms with Gasteiger partial charge in [-0.05, 0) is 52.6 Å². The topological polar surface area (TPSA) is 61.4 Å². The van der Waals surface area contributed by atoms with Crippen molar-refractivity contribution in [2.75, 3.05) is 27.2 Å². The summed E-state index contributed by atoms with van der Waals surface area (Å²) in [6, 6.07) is 0.382. The van der Waals surface area contributed by atoms with E-state index in [2.05, 4.69) is 15.5 Å². The molecule has 0 spiro atoms. The fourth-order valence-electron chi connectivity index (χ4n) is 3.91. The maximum absolute atomic E-state index is 12.5. The maximum atomic E-state index is 12.5. The first kappa shape index (κ1) is 19.2. The predicted octanol–water partition coefficient (Wildman–Crippen LogP) is 2.31. The number of hydrogen-bond donors (Lipinski definition) is 2. The summed E-state index contributed by atoms with van der Waals surface area (Å²) in [7, 11) is 4.01. The molecule has 0 atom stereocenters. The summed E-state index contributed by atoms with van der Waals surface area (Å²) in [5.41, 5.74) is 0. The van der Waals surface area contributed by atoms with E-state index >= 15 is 0 Å². The molecule has 2 N–H and O–H groups in total. The summed E-state index contributed by atoms with van der Waals surface area (Å²) in [6.07, 6.45) is 10.8. The average molecular weight is 338 g/mol. The van der Waals surface area contributed by atoms with Crippen LogP contribution in [0.5, 0.6) is 0 Å². The van der Waals surface area contributed by atoms with E-state index in [4.69, 9.17) is 0 Å². The lowest BCUT2D eigenvalue weighted by Gasteiger charge is -2.28. The van der Waals surface area contributed by atoms with Crippen LogP contribution in [0.4, 0.5) is 0 Å². The van der Waals surface area contributed by atoms with Crippen LogP contribution in [0, 0.1) is 11.8 Å². The van der Waals surface area contributed by atoms with Gasteiger partial charge in [0.05, 0.1) is 0 Å². The summed E-state index contributed by atoms with van der Waals surface area (Å²) in [6.45, 7) is 1.57. The van der Waals surface area contributed by atoms with Crippen LogP contribution in [-0.2, 0) is 9.59 Å². The molecular formula is C19H35N3O2. The van der Waals surface area contributed by atoms with Crippen LogP contribution in [0.3, 0.4) is 0 Å². The molecule has 2 aliphatic carbocycles. The number of likely N-dealkylation sites (N-methyl/N-ethyl adjacent to an activating group) is 1. The van der Waals surface area contributed by atoms with Gasteiger partial charge in [0.15, 0.2) is 0 Å². The SMILES string of the molecule is CN(C)CCNC(=O)C1CCC(C(=O)NC2CCCCCC2)CC1. The van der Waals surface area contributed by atoms with Crippen molar-refractivity contribution in [3.8, 4) is 0 Å². The second kappa shape index (κ2) is 10.0. The Hall–Kier alpha value is -1.10. The van der Waals surface area contributed by atoms with Gasteiger partial charge in [0.25, 0.3) is 0 Å². The first-order chi connectivity index (χ1) is 11.6. The quantitative estimate of drug-likeness (QED) is 0.731. The molecule has 5 heteroatoms. The van der Waals surface area contributed by atoms with Crippen LogP contribution in [0.2, 0.25) is 0 Å². The molecule has 2 aliphatic rings. The molecule has 0 aromatic rings. The largest absolute Gasteiger partial charge is 0.355 e. The van der Waals surface area contributed by atoms with Gasteiger partial charge in [-0.15, -0.1) is 0 Å². The van der Waals surface area contributed by atoms with E-state index in [0.29, 0.717) is 12.6 Å². The van der Waals surface area contributed by atoms with E-state index in [1.165, 1.54) is 25.7 Å². The summed E-state index contributed by atoms with van der Waals surface area (Å²) in [5.74, 6) is 0.598. The molecule has 0 bridgehead atoms. The van der Waals surface area contributed by atoms with E-state index in [-0.39, 0.29) is 23.7 Å². The van der Waals surface area contributed by atoms with E-state index in [9.17, 15) is 9.59 Å². The summed E-state index contributed by atoms with van der Waals surface area (Å²) >= 11 is 0. The van der Waals surface area contributed by atoms with Gasteiger partial charge in [0.1, 0.15) is 0 Å². The zero-order chi connectivity index (χ0) is 17.4. The number of hydrogen-bond acceptors (Lipinski definition) is 3. The standard InChI is InChI=1S/C19H35N3O2/c1-22(2)14-13-20-18(23)15-9-11-16(12-10-15)19(24)21-17-7-5-3-4-6-8-17/h15-17H,3-14H2,1-2H3,(H,20,23)(H,21,24). The molecule has 2 amide bonds. The Labute approximate surface area is 146 Å². The van der Waals surface area contributed by atoms with Crippen molar-refractivity contribution in [1.29, 1.82) is 0 Å². The number of rotatable bonds is 6. The fraction of sp³-hybridized carbons (Fsp3) is 0.895. The minimum Gasteiger partial charge on any atom is -0.355 e. The third-order valence-corrected chi connectivity index (χ3v) is 5.53. The van der Waals surface area contributed by atoms with Gasteiger partial charge in [0.2, 0.25) is 11.8 Å². The molecule has 0 aromatic heterocycles. The molecular weight excluding hydrogens is 302 g/mol. The molecule has 0 radical (unpaired) electrons. The lowest BCUT2D eigenvalue weighted by Crippen LogP contribution is -2.42. The van der Waals surface area contributed by atoms with Gasteiger partial charge in [0, 0.05) is 31.0 Å². The normalized spacial score (nSPS) is 26.0. The van der Waals surface area contributed by atoms with Crippen molar-refractivity contribution >= 4 is 11.8 Å². The highest BCUT2D eigenvalue weighted by Crippen LogP contribution is 2.29. The number of carbonyl (C=O) groups excluding carboxylic acids is 2. The fourth-order valence-corrected chi connectivity index (χ4v) is 3.91. The van der Waals surface area contributed by atoms with E-state index in [0.717, 1.165) is 45.1 Å². The molecule has 2 saturated carbocycles. The summed E-state index contributed by atoms with van der Waals surface area (Å²) in [4.78, 5) is 26.7. The van der Waals surface area contributed by atoms with Crippen molar-refractivity contribution < 1.29 is 9.59 Å². The Morgan fingerprint density at radius 2 is 1.38 bits per heavy atom. The van der Waals surface area contributed by atoms with E-state index in [1.54, 1.807) is 0 Å². The highest BCUT2D eigenvalue weighted by Gasteiger charge is 2.30. The Bertz CT molecular complexity index is 395. The first-order valence-corrected chi connectivity index (χ1v) is 9.79. The molecule has 0 saturated heterocycles.